The zero-order valence-electron chi connectivity index (χ0n) is 13.6. The number of urea groups is 1. The highest BCUT2D eigenvalue weighted by Crippen LogP contribution is 2.39. The highest BCUT2D eigenvalue weighted by Gasteiger charge is 2.33. The maximum absolute atomic E-state index is 12.3. The molecule has 0 saturated heterocycles. The van der Waals surface area contributed by atoms with Crippen LogP contribution in [0.5, 0.6) is 11.5 Å². The van der Waals surface area contributed by atoms with Crippen molar-refractivity contribution in [2.45, 2.75) is 26.8 Å². The largest absolute Gasteiger partial charge is 0.503 e. The second kappa shape index (κ2) is 7.44. The summed E-state index contributed by atoms with van der Waals surface area (Å²) in [4.78, 5) is 24.1. The minimum Gasteiger partial charge on any atom is -0.503 e. The van der Waals surface area contributed by atoms with Crippen LogP contribution in [0.4, 0.5) is 4.79 Å². The van der Waals surface area contributed by atoms with Gasteiger partial charge in [0.25, 0.3) is 0 Å². The van der Waals surface area contributed by atoms with Crippen molar-refractivity contribution >= 4 is 23.6 Å². The summed E-state index contributed by atoms with van der Waals surface area (Å²) in [5, 5.41) is 15.2. The number of phenolic OH excluding ortho intramolecular Hbond substituents is 1. The van der Waals surface area contributed by atoms with E-state index in [9.17, 15) is 14.7 Å². The van der Waals surface area contributed by atoms with Crippen molar-refractivity contribution in [3.05, 3.63) is 34.0 Å². The maximum Gasteiger partial charge on any atom is 0.338 e. The van der Waals surface area contributed by atoms with Gasteiger partial charge in [-0.2, -0.15) is 0 Å². The quantitative estimate of drug-likeness (QED) is 0.706. The van der Waals surface area contributed by atoms with E-state index in [0.29, 0.717) is 17.9 Å². The molecule has 0 unspecified atom stereocenters. The zero-order chi connectivity index (χ0) is 17.9. The van der Waals surface area contributed by atoms with Crippen molar-refractivity contribution in [3.63, 3.8) is 0 Å². The first-order chi connectivity index (χ1) is 11.4. The molecule has 1 aliphatic heterocycles. The van der Waals surface area contributed by atoms with E-state index in [-0.39, 0.29) is 28.7 Å². The van der Waals surface area contributed by atoms with Crippen LogP contribution in [0.1, 0.15) is 32.4 Å². The molecule has 1 aromatic carbocycles. The van der Waals surface area contributed by atoms with Crippen LogP contribution < -0.4 is 15.4 Å². The van der Waals surface area contributed by atoms with Crippen LogP contribution in [0.2, 0.25) is 5.02 Å². The summed E-state index contributed by atoms with van der Waals surface area (Å²) in [6.45, 7) is 5.61. The molecule has 2 rings (SSSR count). The fourth-order valence-corrected chi connectivity index (χ4v) is 2.67. The molecule has 0 fully saturated rings. The van der Waals surface area contributed by atoms with E-state index in [0.717, 1.165) is 0 Å². The highest BCUT2D eigenvalue weighted by atomic mass is 35.5. The molecule has 1 heterocycles. The molecule has 130 valence electrons. The lowest BCUT2D eigenvalue weighted by atomic mass is 9.95. The SMILES string of the molecule is CCOC(=O)C1=C(C)NC(=O)N[C@@H]1c1cc(Cl)c(O)c(OCC)c1. The van der Waals surface area contributed by atoms with Crippen molar-refractivity contribution in [1.82, 2.24) is 10.6 Å². The van der Waals surface area contributed by atoms with E-state index in [4.69, 9.17) is 21.1 Å². The Labute approximate surface area is 144 Å². The van der Waals surface area contributed by atoms with Gasteiger partial charge in [0.1, 0.15) is 0 Å². The standard InChI is InChI=1S/C16H19ClN2O5/c1-4-23-11-7-9(6-10(17)14(11)20)13-12(15(21)24-5-2)8(3)18-16(22)19-13/h6-7,13,20H,4-5H2,1-3H3,(H2,18,19,22)/t13-/m1/s1. The molecule has 0 spiro atoms. The first kappa shape index (κ1) is 17.9. The number of carbonyl (C=O) groups excluding carboxylic acids is 2. The van der Waals surface area contributed by atoms with Gasteiger partial charge in [-0.05, 0) is 38.5 Å². The number of amides is 2. The Bertz CT molecular complexity index is 702. The predicted octanol–water partition coefficient (Wildman–Crippen LogP) is 2.64. The summed E-state index contributed by atoms with van der Waals surface area (Å²) < 4.78 is 10.4. The van der Waals surface area contributed by atoms with Crippen molar-refractivity contribution in [2.75, 3.05) is 13.2 Å². The smallest absolute Gasteiger partial charge is 0.338 e. The first-order valence-corrected chi connectivity index (χ1v) is 7.87. The molecule has 1 atom stereocenters. The van der Waals surface area contributed by atoms with Gasteiger partial charge in [-0.15, -0.1) is 0 Å². The highest BCUT2D eigenvalue weighted by molar-refractivity contribution is 6.32. The Morgan fingerprint density at radius 2 is 2.04 bits per heavy atom. The van der Waals surface area contributed by atoms with Gasteiger partial charge < -0.3 is 25.2 Å². The van der Waals surface area contributed by atoms with Gasteiger partial charge in [0.2, 0.25) is 0 Å². The predicted molar refractivity (Wildman–Crippen MR) is 88.0 cm³/mol. The number of halogens is 1. The number of allylic oxidation sites excluding steroid dienone is 1. The zero-order valence-corrected chi connectivity index (χ0v) is 14.4. The molecule has 0 bridgehead atoms. The van der Waals surface area contributed by atoms with Gasteiger partial charge in [-0.3, -0.25) is 0 Å². The molecule has 8 heteroatoms. The number of phenols is 1. The molecule has 2 amide bonds. The molecule has 7 nitrogen and oxygen atoms in total. The molecule has 3 N–H and O–H groups in total. The van der Waals surface area contributed by atoms with Crippen molar-refractivity contribution < 1.29 is 24.2 Å². The van der Waals surface area contributed by atoms with E-state index < -0.39 is 18.0 Å². The summed E-state index contributed by atoms with van der Waals surface area (Å²) in [6, 6.07) is 1.79. The summed E-state index contributed by atoms with van der Waals surface area (Å²) >= 11 is 6.04. The van der Waals surface area contributed by atoms with Crippen LogP contribution in [0, 0.1) is 0 Å². The third-order valence-electron chi connectivity index (χ3n) is 3.45. The molecule has 0 aliphatic carbocycles. The molecule has 1 aromatic rings. The normalized spacial score (nSPS) is 17.2. The number of ether oxygens (including phenoxy) is 2. The van der Waals surface area contributed by atoms with Gasteiger partial charge in [0, 0.05) is 5.70 Å². The summed E-state index contributed by atoms with van der Waals surface area (Å²) in [5.41, 5.74) is 1.16. The molecule has 24 heavy (non-hydrogen) atoms. The second-order valence-corrected chi connectivity index (χ2v) is 5.48. The van der Waals surface area contributed by atoms with Gasteiger partial charge in [0.15, 0.2) is 11.5 Å². The van der Waals surface area contributed by atoms with E-state index in [1.54, 1.807) is 20.8 Å². The Kier molecular flexibility index (Phi) is 5.56. The fourth-order valence-electron chi connectivity index (χ4n) is 2.45. The number of benzene rings is 1. The van der Waals surface area contributed by atoms with Crippen molar-refractivity contribution in [1.29, 1.82) is 0 Å². The van der Waals surface area contributed by atoms with Crippen LogP contribution >= 0.6 is 11.6 Å². The lowest BCUT2D eigenvalue weighted by Crippen LogP contribution is -2.45. The second-order valence-electron chi connectivity index (χ2n) is 5.07. The third-order valence-corrected chi connectivity index (χ3v) is 3.74. The lowest BCUT2D eigenvalue weighted by molar-refractivity contribution is -0.139. The molecule has 0 radical (unpaired) electrons. The van der Waals surface area contributed by atoms with Crippen LogP contribution in [0.15, 0.2) is 23.4 Å². The number of hydrogen-bond donors (Lipinski definition) is 3. The third kappa shape index (κ3) is 3.56. The van der Waals surface area contributed by atoms with Crippen LogP contribution in [-0.4, -0.2) is 30.3 Å². The molecular weight excluding hydrogens is 336 g/mol. The van der Waals surface area contributed by atoms with Gasteiger partial charge in [-0.1, -0.05) is 11.6 Å². The number of nitrogens with one attached hydrogen (secondary N) is 2. The topological polar surface area (TPSA) is 96.9 Å². The summed E-state index contributed by atoms with van der Waals surface area (Å²) in [6.07, 6.45) is 0. The first-order valence-electron chi connectivity index (χ1n) is 7.49. The molecule has 0 aromatic heterocycles. The summed E-state index contributed by atoms with van der Waals surface area (Å²) in [7, 11) is 0. The van der Waals surface area contributed by atoms with Crippen LogP contribution in [0.25, 0.3) is 0 Å². The van der Waals surface area contributed by atoms with Crippen molar-refractivity contribution in [3.8, 4) is 11.5 Å². The molecule has 0 saturated carbocycles. The number of esters is 1. The minimum atomic E-state index is -0.768. The van der Waals surface area contributed by atoms with Crippen LogP contribution in [-0.2, 0) is 9.53 Å². The Morgan fingerprint density at radius 1 is 1.33 bits per heavy atom. The van der Waals surface area contributed by atoms with Crippen molar-refractivity contribution in [2.24, 2.45) is 0 Å². The number of rotatable bonds is 5. The van der Waals surface area contributed by atoms with Gasteiger partial charge >= 0.3 is 12.0 Å². The molecular formula is C16H19ClN2O5. The van der Waals surface area contributed by atoms with E-state index in [1.165, 1.54) is 12.1 Å². The Hall–Kier alpha value is -2.41. The number of aromatic hydroxyl groups is 1. The number of carbonyl (C=O) groups is 2. The Balaban J connectivity index is 2.53. The average molecular weight is 355 g/mol. The lowest BCUT2D eigenvalue weighted by Gasteiger charge is -2.28. The van der Waals surface area contributed by atoms with Gasteiger partial charge in [0.05, 0.1) is 29.9 Å². The number of hydrogen-bond acceptors (Lipinski definition) is 5. The van der Waals surface area contributed by atoms with Gasteiger partial charge in [-0.25, -0.2) is 9.59 Å². The summed E-state index contributed by atoms with van der Waals surface area (Å²) in [5.74, 6) is -0.566. The van der Waals surface area contributed by atoms with E-state index >= 15 is 0 Å². The monoisotopic (exact) mass is 354 g/mol. The minimum absolute atomic E-state index is 0.0598. The van der Waals surface area contributed by atoms with Crippen LogP contribution in [0.3, 0.4) is 0 Å². The maximum atomic E-state index is 12.3. The molecule has 1 aliphatic rings. The van der Waals surface area contributed by atoms with E-state index in [1.807, 2.05) is 0 Å². The fraction of sp³-hybridized carbons (Fsp3) is 0.375. The Morgan fingerprint density at radius 3 is 2.67 bits per heavy atom. The average Bonchev–Trinajstić information content (AvgIpc) is 2.51. The van der Waals surface area contributed by atoms with E-state index in [2.05, 4.69) is 10.6 Å².